The number of hydrogen-bond acceptors (Lipinski definition) is 7. The van der Waals surface area contributed by atoms with Crippen LogP contribution in [0.5, 0.6) is 0 Å². The minimum atomic E-state index is -0.754. The fourth-order valence-corrected chi connectivity index (χ4v) is 3.57. The number of alkyl carbamates (subject to hydrolysis) is 1. The van der Waals surface area contributed by atoms with Crippen LogP contribution < -0.4 is 10.6 Å². The Labute approximate surface area is 186 Å². The molecule has 168 valence electrons. The third-order valence-electron chi connectivity index (χ3n) is 4.26. The predicted molar refractivity (Wildman–Crippen MR) is 118 cm³/mol. The monoisotopic (exact) mass is 447 g/mol. The average Bonchev–Trinajstić information content (AvgIpc) is 3.23. The highest BCUT2D eigenvalue weighted by Crippen LogP contribution is 2.19. The quantitative estimate of drug-likeness (QED) is 0.536. The predicted octanol–water partition coefficient (Wildman–Crippen LogP) is 3.84. The number of benzene rings is 1. The molecule has 2 aromatic rings. The minimum Gasteiger partial charge on any atom is -0.461 e. The van der Waals surface area contributed by atoms with Gasteiger partial charge in [0, 0.05) is 5.38 Å². The lowest BCUT2D eigenvalue weighted by atomic mass is 10.0. The number of hydrogen-bond donors (Lipinski definition) is 2. The Hall–Kier alpha value is -2.94. The summed E-state index contributed by atoms with van der Waals surface area (Å²) in [7, 11) is 0. The lowest BCUT2D eigenvalue weighted by Gasteiger charge is -2.22. The van der Waals surface area contributed by atoms with Crippen LogP contribution in [0.3, 0.4) is 0 Å². The Morgan fingerprint density at radius 3 is 2.42 bits per heavy atom. The molecule has 0 aliphatic rings. The molecule has 0 saturated carbocycles. The number of nitrogens with zero attached hydrogens (tertiary/aromatic N) is 1. The summed E-state index contributed by atoms with van der Waals surface area (Å²) in [5.74, 6) is -0.662. The van der Waals surface area contributed by atoms with Crippen LogP contribution in [0.2, 0.25) is 0 Å². The second-order valence-electron chi connectivity index (χ2n) is 7.41. The molecule has 2 amide bonds. The van der Waals surface area contributed by atoms with Gasteiger partial charge in [-0.2, -0.15) is 0 Å². The Morgan fingerprint density at radius 1 is 1.06 bits per heavy atom. The number of carbonyl (C=O) groups is 3. The summed E-state index contributed by atoms with van der Waals surface area (Å²) in [5, 5.41) is 7.68. The first-order valence-electron chi connectivity index (χ1n) is 10.2. The number of amides is 2. The van der Waals surface area contributed by atoms with E-state index in [1.54, 1.807) is 19.2 Å². The molecule has 2 N–H and O–H groups in total. The molecule has 1 heterocycles. The van der Waals surface area contributed by atoms with Gasteiger partial charge < -0.3 is 20.1 Å². The number of esters is 1. The number of ether oxygens (including phenoxy) is 2. The third kappa shape index (κ3) is 8.01. The van der Waals surface area contributed by atoms with Gasteiger partial charge in [-0.15, -0.1) is 11.3 Å². The van der Waals surface area contributed by atoms with E-state index < -0.39 is 24.1 Å². The molecule has 0 unspecified atom stereocenters. The Morgan fingerprint density at radius 2 is 1.77 bits per heavy atom. The van der Waals surface area contributed by atoms with Gasteiger partial charge in [0.1, 0.15) is 17.7 Å². The van der Waals surface area contributed by atoms with Gasteiger partial charge in [0.15, 0.2) is 5.69 Å². The molecule has 0 aliphatic carbocycles. The summed E-state index contributed by atoms with van der Waals surface area (Å²) in [6.45, 7) is 7.81. The zero-order valence-electron chi connectivity index (χ0n) is 18.2. The summed E-state index contributed by atoms with van der Waals surface area (Å²) in [6.07, 6.45) is -0.207. The molecule has 0 bridgehead atoms. The molecule has 1 aromatic heterocycles. The van der Waals surface area contributed by atoms with E-state index in [0.717, 1.165) is 5.56 Å². The summed E-state index contributed by atoms with van der Waals surface area (Å²) in [6, 6.07) is 8.12. The standard InChI is InChI=1S/C22H29N3O5S/c1-5-29-21(27)18-13-31-20(24-18)15(4)23-19(26)17(11-14(2)3)25-22(28)30-12-16-9-7-6-8-10-16/h6-10,13-15,17H,5,11-12H2,1-4H3,(H,23,26)(H,25,28)/t15-,17+/m0/s1. The van der Waals surface area contributed by atoms with E-state index in [1.165, 1.54) is 11.3 Å². The van der Waals surface area contributed by atoms with Gasteiger partial charge in [-0.05, 0) is 31.7 Å². The molecule has 0 saturated heterocycles. The van der Waals surface area contributed by atoms with Crippen LogP contribution in [0.1, 0.15) is 61.2 Å². The largest absolute Gasteiger partial charge is 0.461 e. The Balaban J connectivity index is 1.95. The van der Waals surface area contributed by atoms with Crippen molar-refractivity contribution in [2.45, 2.75) is 52.8 Å². The molecule has 31 heavy (non-hydrogen) atoms. The summed E-state index contributed by atoms with van der Waals surface area (Å²) < 4.78 is 10.2. The molecule has 0 fully saturated rings. The van der Waals surface area contributed by atoms with Crippen molar-refractivity contribution in [1.82, 2.24) is 15.6 Å². The number of aromatic nitrogens is 1. The maximum Gasteiger partial charge on any atom is 0.408 e. The van der Waals surface area contributed by atoms with Crippen LogP contribution in [-0.4, -0.2) is 35.6 Å². The molecule has 2 rings (SSSR count). The van der Waals surface area contributed by atoms with Crippen LogP contribution in [0.25, 0.3) is 0 Å². The van der Waals surface area contributed by atoms with Gasteiger partial charge in [-0.25, -0.2) is 14.6 Å². The SMILES string of the molecule is CCOC(=O)c1csc([C@H](C)NC(=O)[C@@H](CC(C)C)NC(=O)OCc2ccccc2)n1. The van der Waals surface area contributed by atoms with Crippen molar-refractivity contribution in [3.8, 4) is 0 Å². The molecule has 2 atom stereocenters. The maximum atomic E-state index is 12.8. The van der Waals surface area contributed by atoms with E-state index in [-0.39, 0.29) is 30.7 Å². The first-order valence-corrected chi connectivity index (χ1v) is 11.1. The van der Waals surface area contributed by atoms with Crippen molar-refractivity contribution < 1.29 is 23.9 Å². The zero-order chi connectivity index (χ0) is 22.8. The number of nitrogens with one attached hydrogen (secondary N) is 2. The smallest absolute Gasteiger partial charge is 0.408 e. The topological polar surface area (TPSA) is 107 Å². The maximum absolute atomic E-state index is 12.8. The molecule has 1 aromatic carbocycles. The first kappa shape index (κ1) is 24.3. The second kappa shape index (κ2) is 12.0. The minimum absolute atomic E-state index is 0.120. The highest BCUT2D eigenvalue weighted by molar-refractivity contribution is 7.09. The van der Waals surface area contributed by atoms with Crippen molar-refractivity contribution in [3.05, 3.63) is 52.0 Å². The fraction of sp³-hybridized carbons (Fsp3) is 0.455. The number of carbonyl (C=O) groups excluding carboxylic acids is 3. The molecule has 0 aliphatic heterocycles. The van der Waals surface area contributed by atoms with Crippen molar-refractivity contribution in [2.24, 2.45) is 5.92 Å². The van der Waals surface area contributed by atoms with Crippen LogP contribution in [0.4, 0.5) is 4.79 Å². The van der Waals surface area contributed by atoms with E-state index in [0.29, 0.717) is 11.4 Å². The molecular weight excluding hydrogens is 418 g/mol. The van der Waals surface area contributed by atoms with Gasteiger partial charge in [0.2, 0.25) is 5.91 Å². The van der Waals surface area contributed by atoms with E-state index in [1.807, 2.05) is 44.2 Å². The second-order valence-corrected chi connectivity index (χ2v) is 8.30. The van der Waals surface area contributed by atoms with Crippen molar-refractivity contribution >= 4 is 29.3 Å². The fourth-order valence-electron chi connectivity index (χ4n) is 2.77. The van der Waals surface area contributed by atoms with E-state index in [4.69, 9.17) is 9.47 Å². The summed E-state index contributed by atoms with van der Waals surface area (Å²) in [5.41, 5.74) is 1.07. The Bertz CT molecular complexity index is 869. The lowest BCUT2D eigenvalue weighted by molar-refractivity contribution is -0.124. The van der Waals surface area contributed by atoms with Gasteiger partial charge in [0.05, 0.1) is 12.6 Å². The Kier molecular flexibility index (Phi) is 9.45. The van der Waals surface area contributed by atoms with E-state index in [9.17, 15) is 14.4 Å². The van der Waals surface area contributed by atoms with Crippen LogP contribution in [-0.2, 0) is 20.9 Å². The van der Waals surface area contributed by atoms with E-state index in [2.05, 4.69) is 15.6 Å². The van der Waals surface area contributed by atoms with Crippen molar-refractivity contribution in [1.29, 1.82) is 0 Å². The van der Waals surface area contributed by atoms with Gasteiger partial charge in [-0.1, -0.05) is 44.2 Å². The normalized spacial score (nSPS) is 12.7. The molecule has 0 spiro atoms. The van der Waals surface area contributed by atoms with Gasteiger partial charge in [0.25, 0.3) is 0 Å². The molecular formula is C22H29N3O5S. The summed E-state index contributed by atoms with van der Waals surface area (Å²) in [4.78, 5) is 41.1. The first-order chi connectivity index (χ1) is 14.8. The third-order valence-corrected chi connectivity index (χ3v) is 5.29. The summed E-state index contributed by atoms with van der Waals surface area (Å²) >= 11 is 1.26. The van der Waals surface area contributed by atoms with Gasteiger partial charge in [-0.3, -0.25) is 4.79 Å². The van der Waals surface area contributed by atoms with Crippen molar-refractivity contribution in [2.75, 3.05) is 6.61 Å². The van der Waals surface area contributed by atoms with Crippen LogP contribution in [0, 0.1) is 5.92 Å². The highest BCUT2D eigenvalue weighted by Gasteiger charge is 2.25. The number of rotatable bonds is 10. The zero-order valence-corrected chi connectivity index (χ0v) is 19.0. The molecule has 9 heteroatoms. The lowest BCUT2D eigenvalue weighted by Crippen LogP contribution is -2.48. The average molecular weight is 448 g/mol. The highest BCUT2D eigenvalue weighted by atomic mass is 32.1. The van der Waals surface area contributed by atoms with Gasteiger partial charge >= 0.3 is 12.1 Å². The van der Waals surface area contributed by atoms with Crippen molar-refractivity contribution in [3.63, 3.8) is 0 Å². The molecule has 0 radical (unpaired) electrons. The van der Waals surface area contributed by atoms with Crippen LogP contribution in [0.15, 0.2) is 35.7 Å². The molecule has 8 nitrogen and oxygen atoms in total. The van der Waals surface area contributed by atoms with E-state index >= 15 is 0 Å². The number of thiazole rings is 1. The van der Waals surface area contributed by atoms with Crippen LogP contribution >= 0.6 is 11.3 Å².